The molecule has 136 valence electrons. The molecule has 1 amide bonds. The van der Waals surface area contributed by atoms with Crippen LogP contribution in [0.1, 0.15) is 17.4 Å². The number of hydrogen-bond donors (Lipinski definition) is 1. The summed E-state index contributed by atoms with van der Waals surface area (Å²) in [6.07, 6.45) is 0. The number of rotatable bonds is 6. The lowest BCUT2D eigenvalue weighted by atomic mass is 10.2. The van der Waals surface area contributed by atoms with Gasteiger partial charge in [0.15, 0.2) is 18.1 Å². The van der Waals surface area contributed by atoms with Gasteiger partial charge in [0.1, 0.15) is 0 Å². The first-order valence-corrected chi connectivity index (χ1v) is 9.42. The molecule has 4 nitrogen and oxygen atoms in total. The van der Waals surface area contributed by atoms with Crippen molar-refractivity contribution in [3.05, 3.63) is 76.5 Å². The maximum Gasteiger partial charge on any atom is 0.262 e. The van der Waals surface area contributed by atoms with E-state index in [1.54, 1.807) is 17.4 Å². The summed E-state index contributed by atoms with van der Waals surface area (Å²) in [7, 11) is 0. The minimum Gasteiger partial charge on any atom is -0.490 e. The quantitative estimate of drug-likeness (QED) is 0.641. The van der Waals surface area contributed by atoms with Crippen LogP contribution in [0, 0.1) is 11.8 Å². The largest absolute Gasteiger partial charge is 0.490 e. The molecule has 0 aliphatic heterocycles. The van der Waals surface area contributed by atoms with Crippen LogP contribution in [0.2, 0.25) is 0 Å². The summed E-state index contributed by atoms with van der Waals surface area (Å²) in [5.41, 5.74) is 1.52. The number of carbonyl (C=O) groups is 1. The molecule has 3 aromatic rings. The molecule has 0 fully saturated rings. The lowest BCUT2D eigenvalue weighted by Crippen LogP contribution is -2.20. The van der Waals surface area contributed by atoms with E-state index in [-0.39, 0.29) is 12.5 Å². The van der Waals surface area contributed by atoms with Crippen molar-refractivity contribution in [1.82, 2.24) is 0 Å². The maximum atomic E-state index is 12.2. The highest BCUT2D eigenvalue weighted by Gasteiger charge is 2.08. The molecule has 0 aliphatic carbocycles. The van der Waals surface area contributed by atoms with Crippen LogP contribution in [0.15, 0.2) is 66.0 Å². The fraction of sp³-hybridized carbons (Fsp3) is 0.136. The predicted molar refractivity (Wildman–Crippen MR) is 108 cm³/mol. The van der Waals surface area contributed by atoms with Gasteiger partial charge < -0.3 is 14.8 Å². The molecule has 1 N–H and O–H groups in total. The number of benzene rings is 2. The van der Waals surface area contributed by atoms with E-state index in [0.29, 0.717) is 23.8 Å². The van der Waals surface area contributed by atoms with Gasteiger partial charge in [-0.3, -0.25) is 4.79 Å². The zero-order valence-electron chi connectivity index (χ0n) is 14.9. The molecule has 5 heteroatoms. The SMILES string of the molecule is CCOc1ccccc1OCC(=O)Nc1cccc(C#Cc2cccs2)c1. The van der Waals surface area contributed by atoms with Crippen molar-refractivity contribution in [2.24, 2.45) is 0 Å². The van der Waals surface area contributed by atoms with E-state index in [4.69, 9.17) is 9.47 Å². The van der Waals surface area contributed by atoms with Crippen molar-refractivity contribution < 1.29 is 14.3 Å². The number of amides is 1. The smallest absolute Gasteiger partial charge is 0.262 e. The number of anilines is 1. The molecule has 0 aliphatic rings. The van der Waals surface area contributed by atoms with Crippen molar-refractivity contribution in [2.75, 3.05) is 18.5 Å². The van der Waals surface area contributed by atoms with Gasteiger partial charge in [0.05, 0.1) is 11.5 Å². The van der Waals surface area contributed by atoms with E-state index >= 15 is 0 Å². The van der Waals surface area contributed by atoms with Crippen LogP contribution in [0.4, 0.5) is 5.69 Å². The van der Waals surface area contributed by atoms with Crippen molar-refractivity contribution in [1.29, 1.82) is 0 Å². The molecule has 0 spiro atoms. The standard InChI is InChI=1S/C22H19NO3S/c1-2-25-20-10-3-4-11-21(20)26-16-22(24)23-18-8-5-7-17(15-18)12-13-19-9-6-14-27-19/h3-11,14-15H,2,16H2,1H3,(H,23,24). The Labute approximate surface area is 162 Å². The molecule has 1 heterocycles. The Balaban J connectivity index is 1.59. The van der Waals surface area contributed by atoms with Gasteiger partial charge in [-0.15, -0.1) is 11.3 Å². The Bertz CT molecular complexity index is 955. The number of para-hydroxylation sites is 2. The monoisotopic (exact) mass is 377 g/mol. The Kier molecular flexibility index (Phi) is 6.50. The van der Waals surface area contributed by atoms with Crippen molar-refractivity contribution in [2.45, 2.75) is 6.92 Å². The normalized spacial score (nSPS) is 9.81. The molecule has 0 saturated carbocycles. The first-order valence-electron chi connectivity index (χ1n) is 8.54. The van der Waals surface area contributed by atoms with Crippen LogP contribution in [0.5, 0.6) is 11.5 Å². The Morgan fingerprint density at radius 3 is 2.56 bits per heavy atom. The first-order chi connectivity index (χ1) is 13.2. The second kappa shape index (κ2) is 9.46. The summed E-state index contributed by atoms with van der Waals surface area (Å²) < 4.78 is 11.1. The molecule has 27 heavy (non-hydrogen) atoms. The second-order valence-corrected chi connectivity index (χ2v) is 6.47. The summed E-state index contributed by atoms with van der Waals surface area (Å²) in [6, 6.07) is 18.7. The Morgan fingerprint density at radius 2 is 1.81 bits per heavy atom. The first kappa shape index (κ1) is 18.6. The van der Waals surface area contributed by atoms with Crippen molar-refractivity contribution >= 4 is 22.9 Å². The van der Waals surface area contributed by atoms with E-state index in [9.17, 15) is 4.79 Å². The summed E-state index contributed by atoms with van der Waals surface area (Å²) in [5.74, 6) is 7.13. The Morgan fingerprint density at radius 1 is 1.00 bits per heavy atom. The number of hydrogen-bond acceptors (Lipinski definition) is 4. The maximum absolute atomic E-state index is 12.2. The predicted octanol–water partition coefficient (Wildman–Crippen LogP) is 4.56. The van der Waals surface area contributed by atoms with Gasteiger partial charge in [-0.1, -0.05) is 36.1 Å². The summed E-state index contributed by atoms with van der Waals surface area (Å²) in [6.45, 7) is 2.33. The number of ether oxygens (including phenoxy) is 2. The molecular formula is C22H19NO3S. The van der Waals surface area contributed by atoms with Crippen LogP contribution < -0.4 is 14.8 Å². The lowest BCUT2D eigenvalue weighted by Gasteiger charge is -2.11. The van der Waals surface area contributed by atoms with Gasteiger partial charge in [0.2, 0.25) is 0 Å². The fourth-order valence-corrected chi connectivity index (χ4v) is 2.91. The molecule has 0 atom stereocenters. The molecule has 0 saturated heterocycles. The minimum atomic E-state index is -0.246. The highest BCUT2D eigenvalue weighted by atomic mass is 32.1. The molecule has 2 aromatic carbocycles. The third-order valence-electron chi connectivity index (χ3n) is 3.51. The number of thiophene rings is 1. The second-order valence-electron chi connectivity index (χ2n) is 5.52. The van der Waals surface area contributed by atoms with Crippen LogP contribution >= 0.6 is 11.3 Å². The molecule has 1 aromatic heterocycles. The molecule has 3 rings (SSSR count). The zero-order valence-corrected chi connectivity index (χ0v) is 15.7. The topological polar surface area (TPSA) is 47.6 Å². The molecule has 0 bridgehead atoms. The minimum absolute atomic E-state index is 0.102. The van der Waals surface area contributed by atoms with E-state index < -0.39 is 0 Å². The van der Waals surface area contributed by atoms with Gasteiger partial charge in [0.25, 0.3) is 5.91 Å². The molecule has 0 radical (unpaired) electrons. The zero-order chi connectivity index (χ0) is 18.9. The third kappa shape index (κ3) is 5.63. The summed E-state index contributed by atoms with van der Waals surface area (Å²) in [5, 5.41) is 4.82. The summed E-state index contributed by atoms with van der Waals surface area (Å²) >= 11 is 1.60. The Hall–Kier alpha value is -3.23. The number of nitrogens with one attached hydrogen (secondary N) is 1. The van der Waals surface area contributed by atoms with E-state index in [1.165, 1.54) is 0 Å². The number of carbonyl (C=O) groups excluding carboxylic acids is 1. The average Bonchev–Trinajstić information content (AvgIpc) is 3.20. The van der Waals surface area contributed by atoms with Crippen LogP contribution in [-0.4, -0.2) is 19.1 Å². The molecular weight excluding hydrogens is 358 g/mol. The van der Waals surface area contributed by atoms with Crippen molar-refractivity contribution in [3.8, 4) is 23.3 Å². The van der Waals surface area contributed by atoms with E-state index in [0.717, 1.165) is 10.4 Å². The van der Waals surface area contributed by atoms with Crippen LogP contribution in [0.25, 0.3) is 0 Å². The highest BCUT2D eigenvalue weighted by molar-refractivity contribution is 7.10. The van der Waals surface area contributed by atoms with Crippen LogP contribution in [-0.2, 0) is 4.79 Å². The van der Waals surface area contributed by atoms with Crippen molar-refractivity contribution in [3.63, 3.8) is 0 Å². The third-order valence-corrected chi connectivity index (χ3v) is 4.29. The van der Waals surface area contributed by atoms with E-state index in [2.05, 4.69) is 17.2 Å². The van der Waals surface area contributed by atoms with Gasteiger partial charge in [0, 0.05) is 11.3 Å². The lowest BCUT2D eigenvalue weighted by molar-refractivity contribution is -0.118. The fourth-order valence-electron chi connectivity index (χ4n) is 2.34. The van der Waals surface area contributed by atoms with E-state index in [1.807, 2.05) is 66.9 Å². The molecule has 0 unspecified atom stereocenters. The van der Waals surface area contributed by atoms with Crippen LogP contribution in [0.3, 0.4) is 0 Å². The van der Waals surface area contributed by atoms with Gasteiger partial charge >= 0.3 is 0 Å². The highest BCUT2D eigenvalue weighted by Crippen LogP contribution is 2.26. The average molecular weight is 377 g/mol. The van der Waals surface area contributed by atoms with Gasteiger partial charge in [-0.2, -0.15) is 0 Å². The van der Waals surface area contributed by atoms with Gasteiger partial charge in [-0.25, -0.2) is 0 Å². The summed E-state index contributed by atoms with van der Waals surface area (Å²) in [4.78, 5) is 13.2. The van der Waals surface area contributed by atoms with Gasteiger partial charge in [-0.05, 0) is 48.7 Å².